The number of anilines is 1. The van der Waals surface area contributed by atoms with Crippen LogP contribution in [0.5, 0.6) is 5.75 Å². The maximum Gasteiger partial charge on any atom is 0.132 e. The van der Waals surface area contributed by atoms with Crippen LogP contribution in [0.15, 0.2) is 35.6 Å². The number of hydrogen-bond donors (Lipinski definition) is 0. The highest BCUT2D eigenvalue weighted by atomic mass is 16.5. The van der Waals surface area contributed by atoms with Crippen LogP contribution in [-0.4, -0.2) is 59.4 Å². The van der Waals surface area contributed by atoms with Crippen LogP contribution in [0.1, 0.15) is 36.6 Å². The number of nitrogens with zero attached hydrogens (tertiary/aromatic N) is 5. The van der Waals surface area contributed by atoms with E-state index in [0.717, 1.165) is 60.8 Å². The highest BCUT2D eigenvalue weighted by Crippen LogP contribution is 2.29. The fraction of sp³-hybridized carbons (Fsp3) is 0.476. The lowest BCUT2D eigenvalue weighted by molar-refractivity contribution is 0.247. The van der Waals surface area contributed by atoms with E-state index in [1.165, 1.54) is 18.4 Å². The predicted octanol–water partition coefficient (Wildman–Crippen LogP) is 2.51. The Bertz CT molecular complexity index is 869. The third kappa shape index (κ3) is 3.30. The van der Waals surface area contributed by atoms with Crippen molar-refractivity contribution in [3.05, 3.63) is 47.4 Å². The smallest absolute Gasteiger partial charge is 0.132 e. The van der Waals surface area contributed by atoms with Crippen LogP contribution in [0, 0.1) is 0 Å². The van der Waals surface area contributed by atoms with Gasteiger partial charge >= 0.3 is 0 Å². The first-order valence-corrected chi connectivity index (χ1v) is 9.94. The number of aliphatic imine (C=N–C) groups is 1. The van der Waals surface area contributed by atoms with Crippen LogP contribution < -0.4 is 9.64 Å². The number of rotatable bonds is 5. The molecule has 5 rings (SSSR count). The van der Waals surface area contributed by atoms with Gasteiger partial charge in [-0.2, -0.15) is 0 Å². The highest BCUT2D eigenvalue weighted by molar-refractivity contribution is 6.14. The second-order valence-electron chi connectivity index (χ2n) is 7.43. The molecule has 3 heterocycles. The first-order valence-electron chi connectivity index (χ1n) is 9.94. The van der Waals surface area contributed by atoms with E-state index in [1.807, 2.05) is 13.0 Å². The molecular formula is C21H25N5O. The molecule has 27 heavy (non-hydrogen) atoms. The summed E-state index contributed by atoms with van der Waals surface area (Å²) >= 11 is 0. The molecule has 1 saturated heterocycles. The Morgan fingerprint density at radius 2 is 1.93 bits per heavy atom. The molecule has 1 aromatic carbocycles. The van der Waals surface area contributed by atoms with Gasteiger partial charge in [-0.05, 0) is 37.5 Å². The molecule has 0 atom stereocenters. The maximum atomic E-state index is 5.67. The monoisotopic (exact) mass is 363 g/mol. The summed E-state index contributed by atoms with van der Waals surface area (Å²) in [6, 6.07) is 9.15. The summed E-state index contributed by atoms with van der Waals surface area (Å²) in [6.07, 6.45) is 4.42. The van der Waals surface area contributed by atoms with Gasteiger partial charge in [0, 0.05) is 43.9 Å². The molecule has 1 saturated carbocycles. The summed E-state index contributed by atoms with van der Waals surface area (Å²) in [5.41, 5.74) is 4.21. The quantitative estimate of drug-likeness (QED) is 0.817. The van der Waals surface area contributed by atoms with E-state index in [0.29, 0.717) is 13.2 Å². The van der Waals surface area contributed by atoms with Gasteiger partial charge in [-0.1, -0.05) is 6.07 Å². The molecule has 6 nitrogen and oxygen atoms in total. The maximum absolute atomic E-state index is 5.67. The third-order valence-electron chi connectivity index (χ3n) is 5.65. The minimum Gasteiger partial charge on any atom is -0.494 e. The number of fused-ring (bicyclic) bond motifs is 1. The summed E-state index contributed by atoms with van der Waals surface area (Å²) in [6.45, 7) is 7.69. The normalized spacial score (nSPS) is 19.7. The highest BCUT2D eigenvalue weighted by Gasteiger charge is 2.31. The molecule has 0 N–H and O–H groups in total. The van der Waals surface area contributed by atoms with Gasteiger partial charge in [-0.25, -0.2) is 9.97 Å². The summed E-state index contributed by atoms with van der Waals surface area (Å²) in [5.74, 6) is 1.89. The Labute approximate surface area is 159 Å². The lowest BCUT2D eigenvalue weighted by Crippen LogP contribution is -2.47. The van der Waals surface area contributed by atoms with Gasteiger partial charge < -0.3 is 9.64 Å². The number of benzene rings is 1. The van der Waals surface area contributed by atoms with Crippen molar-refractivity contribution in [2.24, 2.45) is 4.99 Å². The Morgan fingerprint density at radius 1 is 1.07 bits per heavy atom. The standard InChI is InChI=1S/C21H25N5O/c1-2-27-17-6-3-15-13-22-21(18(15)11-17)19-12-20(24-14-23-19)26-9-7-25(8-10-26)16-4-5-16/h3,6,11-12,14,16H,2,4-5,7-10,13H2,1H3. The van der Waals surface area contributed by atoms with Crippen LogP contribution in [0.2, 0.25) is 0 Å². The Kier molecular flexibility index (Phi) is 4.28. The van der Waals surface area contributed by atoms with Crippen LogP contribution in [0.25, 0.3) is 0 Å². The molecule has 0 amide bonds. The molecule has 0 radical (unpaired) electrons. The first kappa shape index (κ1) is 16.7. The van der Waals surface area contributed by atoms with Crippen molar-refractivity contribution in [1.29, 1.82) is 0 Å². The number of piperazine rings is 1. The van der Waals surface area contributed by atoms with Gasteiger partial charge in [-0.3, -0.25) is 9.89 Å². The molecule has 3 aliphatic rings. The zero-order chi connectivity index (χ0) is 18.2. The van der Waals surface area contributed by atoms with E-state index < -0.39 is 0 Å². The molecule has 0 unspecified atom stereocenters. The fourth-order valence-electron chi connectivity index (χ4n) is 4.04. The largest absolute Gasteiger partial charge is 0.494 e. The molecular weight excluding hydrogens is 338 g/mol. The average molecular weight is 363 g/mol. The predicted molar refractivity (Wildman–Crippen MR) is 106 cm³/mol. The lowest BCUT2D eigenvalue weighted by atomic mass is 10.0. The first-order chi connectivity index (χ1) is 13.3. The molecule has 1 aliphatic carbocycles. The van der Waals surface area contributed by atoms with Crippen molar-refractivity contribution in [1.82, 2.24) is 14.9 Å². The average Bonchev–Trinajstić information content (AvgIpc) is 3.48. The van der Waals surface area contributed by atoms with Gasteiger partial charge in [-0.15, -0.1) is 0 Å². The van der Waals surface area contributed by atoms with Crippen molar-refractivity contribution in [2.75, 3.05) is 37.7 Å². The van der Waals surface area contributed by atoms with Crippen molar-refractivity contribution in [3.63, 3.8) is 0 Å². The second kappa shape index (κ2) is 6.93. The number of hydrogen-bond acceptors (Lipinski definition) is 6. The van der Waals surface area contributed by atoms with E-state index in [2.05, 4.69) is 38.0 Å². The summed E-state index contributed by atoms with van der Waals surface area (Å²) in [4.78, 5) is 18.8. The topological polar surface area (TPSA) is 53.9 Å². The molecule has 2 aliphatic heterocycles. The second-order valence-corrected chi connectivity index (χ2v) is 7.43. The summed E-state index contributed by atoms with van der Waals surface area (Å²) in [5, 5.41) is 0. The van der Waals surface area contributed by atoms with Crippen molar-refractivity contribution in [3.8, 4) is 5.75 Å². The van der Waals surface area contributed by atoms with E-state index in [9.17, 15) is 0 Å². The van der Waals surface area contributed by atoms with Crippen LogP contribution in [-0.2, 0) is 6.54 Å². The Morgan fingerprint density at radius 3 is 2.70 bits per heavy atom. The molecule has 1 aromatic heterocycles. The molecule has 6 heteroatoms. The van der Waals surface area contributed by atoms with E-state index in [4.69, 9.17) is 9.73 Å². The Hall–Kier alpha value is -2.47. The minimum absolute atomic E-state index is 0.662. The zero-order valence-corrected chi connectivity index (χ0v) is 15.8. The minimum atomic E-state index is 0.662. The number of aromatic nitrogens is 2. The molecule has 2 fully saturated rings. The van der Waals surface area contributed by atoms with Gasteiger partial charge in [0.2, 0.25) is 0 Å². The third-order valence-corrected chi connectivity index (χ3v) is 5.65. The van der Waals surface area contributed by atoms with Crippen molar-refractivity contribution >= 4 is 11.5 Å². The van der Waals surface area contributed by atoms with Crippen LogP contribution in [0.3, 0.4) is 0 Å². The fourth-order valence-corrected chi connectivity index (χ4v) is 4.04. The van der Waals surface area contributed by atoms with Crippen LogP contribution in [0.4, 0.5) is 5.82 Å². The van der Waals surface area contributed by atoms with Crippen molar-refractivity contribution < 1.29 is 4.74 Å². The lowest BCUT2D eigenvalue weighted by Gasteiger charge is -2.35. The molecule has 0 spiro atoms. The van der Waals surface area contributed by atoms with Gasteiger partial charge in [0.05, 0.1) is 24.6 Å². The summed E-state index contributed by atoms with van der Waals surface area (Å²) < 4.78 is 5.67. The van der Waals surface area contributed by atoms with Crippen LogP contribution >= 0.6 is 0 Å². The SMILES string of the molecule is CCOc1ccc2c(c1)C(c1cc(N3CCN(C4CC4)CC3)ncn1)=NC2. The molecule has 2 aromatic rings. The number of ether oxygens (including phenoxy) is 1. The van der Waals surface area contributed by atoms with Gasteiger partial charge in [0.15, 0.2) is 0 Å². The summed E-state index contributed by atoms with van der Waals surface area (Å²) in [7, 11) is 0. The molecule has 0 bridgehead atoms. The van der Waals surface area contributed by atoms with E-state index >= 15 is 0 Å². The molecule has 140 valence electrons. The van der Waals surface area contributed by atoms with Crippen molar-refractivity contribution in [2.45, 2.75) is 32.4 Å². The van der Waals surface area contributed by atoms with Gasteiger partial charge in [0.25, 0.3) is 0 Å². The van der Waals surface area contributed by atoms with Gasteiger partial charge in [0.1, 0.15) is 17.9 Å². The Balaban J connectivity index is 1.37. The zero-order valence-electron chi connectivity index (χ0n) is 15.8. The van der Waals surface area contributed by atoms with E-state index in [-0.39, 0.29) is 0 Å². The van der Waals surface area contributed by atoms with E-state index in [1.54, 1.807) is 6.33 Å².